The van der Waals surface area contributed by atoms with Gasteiger partial charge in [0.05, 0.1) is 40.3 Å². The van der Waals surface area contributed by atoms with Crippen LogP contribution in [0, 0.1) is 0 Å². The van der Waals surface area contributed by atoms with Crippen molar-refractivity contribution in [3.05, 3.63) is 134 Å². The second-order valence-corrected chi connectivity index (χ2v) is 20.9. The number of quaternary nitrogens is 1. The lowest BCUT2D eigenvalue weighted by molar-refractivity contribution is -0.870. The number of ether oxygens (including phenoxy) is 4. The van der Waals surface area contributed by atoms with Crippen molar-refractivity contribution in [2.45, 2.75) is 232 Å². The molecule has 0 radical (unpaired) electrons. The fourth-order valence-corrected chi connectivity index (χ4v) is 7.80. The van der Waals surface area contributed by atoms with Crippen LogP contribution in [0.2, 0.25) is 0 Å². The van der Waals surface area contributed by atoms with E-state index in [1.165, 1.54) is 83.5 Å². The normalized spacial score (nSPS) is 13.7. The maximum atomic E-state index is 12.9. The van der Waals surface area contributed by atoms with Gasteiger partial charge in [0.15, 0.2) is 12.4 Å². The summed E-state index contributed by atoms with van der Waals surface area (Å²) in [6, 6.07) is 0. The summed E-state index contributed by atoms with van der Waals surface area (Å²) in [6.45, 7) is 4.46. The molecule has 0 rings (SSSR count). The van der Waals surface area contributed by atoms with Crippen LogP contribution in [-0.4, -0.2) is 82.3 Å². The van der Waals surface area contributed by atoms with Crippen molar-refractivity contribution < 1.29 is 42.9 Å². The highest BCUT2D eigenvalue weighted by molar-refractivity contribution is 5.70. The standard InChI is InChI=1S/C68H111NO8/c1-6-8-10-12-14-16-18-20-22-24-26-28-29-30-31-32-33-34-35-36-37-39-40-42-44-46-48-50-52-54-56-58-65(70)75-62-64(63-76-68(67(72)73)74-61-60-69(3,4)5)77-66(71)59-57-55-53-51-49-47-45-43-41-38-27-25-23-21-19-17-15-13-11-9-7-2/h8-11,14-17,20-23,26-28,30-31,38,43,45,49,51,64,68H,6-7,12-13,18-19,24-25,29,32-37,39-42,44,46-48,50,52-63H2,1-5H3/b10-8-,11-9-,16-14-,17-15-,22-20-,23-21-,28-26-,31-30-,38-27-,45-43-,51-49-. The minimum Gasteiger partial charge on any atom is -0.545 e. The number of likely N-dealkylation sites (N-methyl/N-ethyl adjacent to an activating group) is 1. The predicted molar refractivity (Wildman–Crippen MR) is 324 cm³/mol. The molecule has 0 fully saturated rings. The van der Waals surface area contributed by atoms with Crippen LogP contribution < -0.4 is 5.11 Å². The summed E-state index contributed by atoms with van der Waals surface area (Å²) in [5.41, 5.74) is 0. The van der Waals surface area contributed by atoms with Gasteiger partial charge in [0.25, 0.3) is 0 Å². The number of carbonyl (C=O) groups excluding carboxylic acids is 3. The third-order valence-electron chi connectivity index (χ3n) is 12.4. The van der Waals surface area contributed by atoms with E-state index in [9.17, 15) is 19.5 Å². The molecular formula is C68H111NO8. The number of unbranched alkanes of at least 4 members (excludes halogenated alkanes) is 17. The number of allylic oxidation sites excluding steroid dienone is 22. The maximum absolute atomic E-state index is 12.9. The average Bonchev–Trinajstić information content (AvgIpc) is 3.40. The van der Waals surface area contributed by atoms with Crippen LogP contribution in [0.5, 0.6) is 0 Å². The lowest BCUT2D eigenvalue weighted by Gasteiger charge is -2.26. The number of nitrogens with zero attached hydrogens (tertiary/aromatic N) is 1. The SMILES string of the molecule is CC/C=C\C/C=C\C/C=C\C/C=C\C/C=C\C/C=C\CCCCC(=O)OC(COC(=O)CCCCCCCCCCCCCCCCC/C=C\C/C=C\C/C=C\C/C=C\C/C=C\CC)COC(OCC[N+](C)(C)C)C(=O)[O-]. The molecule has 77 heavy (non-hydrogen) atoms. The molecule has 0 aliphatic heterocycles. The molecule has 0 aromatic rings. The van der Waals surface area contributed by atoms with Crippen LogP contribution in [0.4, 0.5) is 0 Å². The zero-order valence-electron chi connectivity index (χ0n) is 49.5. The molecule has 0 aliphatic carbocycles. The number of rotatable bonds is 54. The Hall–Kier alpha value is -4.57. The molecular weight excluding hydrogens is 959 g/mol. The second kappa shape index (κ2) is 57.6. The van der Waals surface area contributed by atoms with Gasteiger partial charge in [-0.05, 0) is 109 Å². The Balaban J connectivity index is 4.25. The molecule has 0 heterocycles. The largest absolute Gasteiger partial charge is 0.545 e. The van der Waals surface area contributed by atoms with Crippen molar-refractivity contribution in [1.29, 1.82) is 0 Å². The monoisotopic (exact) mass is 1070 g/mol. The van der Waals surface area contributed by atoms with Crippen LogP contribution in [0.1, 0.15) is 219 Å². The summed E-state index contributed by atoms with van der Waals surface area (Å²) in [5.74, 6) is -2.35. The van der Waals surface area contributed by atoms with Crippen LogP contribution >= 0.6 is 0 Å². The van der Waals surface area contributed by atoms with E-state index < -0.39 is 24.3 Å². The molecule has 9 heteroatoms. The predicted octanol–water partition coefficient (Wildman–Crippen LogP) is 16.9. The van der Waals surface area contributed by atoms with E-state index in [0.29, 0.717) is 17.4 Å². The maximum Gasteiger partial charge on any atom is 0.306 e. The van der Waals surface area contributed by atoms with E-state index >= 15 is 0 Å². The average molecular weight is 1070 g/mol. The molecule has 0 aliphatic rings. The Labute approximate surface area is 471 Å². The first-order valence-corrected chi connectivity index (χ1v) is 30.3. The topological polar surface area (TPSA) is 111 Å². The lowest BCUT2D eigenvalue weighted by Crippen LogP contribution is -2.44. The van der Waals surface area contributed by atoms with E-state index in [1.807, 2.05) is 21.1 Å². The molecule has 2 atom stereocenters. The molecule has 436 valence electrons. The van der Waals surface area contributed by atoms with Crippen molar-refractivity contribution in [2.75, 3.05) is 47.5 Å². The highest BCUT2D eigenvalue weighted by atomic mass is 16.7. The van der Waals surface area contributed by atoms with Crippen molar-refractivity contribution >= 4 is 17.9 Å². The van der Waals surface area contributed by atoms with E-state index in [1.54, 1.807) is 0 Å². The Morgan fingerprint density at radius 1 is 0.390 bits per heavy atom. The number of carboxylic acid groups (broad SMARTS) is 1. The van der Waals surface area contributed by atoms with Crippen molar-refractivity contribution in [2.24, 2.45) is 0 Å². The van der Waals surface area contributed by atoms with Crippen molar-refractivity contribution in [3.8, 4) is 0 Å². The Morgan fingerprint density at radius 2 is 0.701 bits per heavy atom. The first kappa shape index (κ1) is 72.4. The van der Waals surface area contributed by atoms with Gasteiger partial charge < -0.3 is 33.3 Å². The number of carboxylic acids is 1. The quantitative estimate of drug-likeness (QED) is 0.0195. The summed E-state index contributed by atoms with van der Waals surface area (Å²) < 4.78 is 22.7. The highest BCUT2D eigenvalue weighted by Crippen LogP contribution is 2.15. The van der Waals surface area contributed by atoms with Gasteiger partial charge in [-0.1, -0.05) is 231 Å². The Kier molecular flexibility index (Phi) is 54.2. The summed E-state index contributed by atoms with van der Waals surface area (Å²) in [5, 5.41) is 11.8. The van der Waals surface area contributed by atoms with Gasteiger partial charge in [0.2, 0.25) is 0 Å². The molecule has 0 aromatic heterocycles. The summed E-state index contributed by atoms with van der Waals surface area (Å²) in [4.78, 5) is 37.3. The van der Waals surface area contributed by atoms with Crippen LogP contribution in [0.15, 0.2) is 134 Å². The lowest BCUT2D eigenvalue weighted by atomic mass is 10.0. The van der Waals surface area contributed by atoms with E-state index in [0.717, 1.165) is 103 Å². The number of esters is 2. The van der Waals surface area contributed by atoms with E-state index in [4.69, 9.17) is 18.9 Å². The number of hydrogen-bond acceptors (Lipinski definition) is 8. The van der Waals surface area contributed by atoms with Crippen LogP contribution in [0.25, 0.3) is 0 Å². The zero-order valence-corrected chi connectivity index (χ0v) is 49.5. The Morgan fingerprint density at radius 3 is 1.06 bits per heavy atom. The molecule has 0 amide bonds. The molecule has 0 N–H and O–H groups in total. The number of hydrogen-bond donors (Lipinski definition) is 0. The summed E-state index contributed by atoms with van der Waals surface area (Å²) >= 11 is 0. The second-order valence-electron chi connectivity index (χ2n) is 20.9. The Bertz CT molecular complexity index is 1720. The van der Waals surface area contributed by atoms with Gasteiger partial charge in [-0.15, -0.1) is 0 Å². The molecule has 0 saturated carbocycles. The van der Waals surface area contributed by atoms with Gasteiger partial charge >= 0.3 is 11.9 Å². The molecule has 9 nitrogen and oxygen atoms in total. The molecule has 0 saturated heterocycles. The minimum absolute atomic E-state index is 0.132. The molecule has 0 bridgehead atoms. The van der Waals surface area contributed by atoms with Crippen LogP contribution in [-0.2, 0) is 33.3 Å². The van der Waals surface area contributed by atoms with Crippen molar-refractivity contribution in [3.63, 3.8) is 0 Å². The number of carbonyl (C=O) groups is 3. The fraction of sp³-hybridized carbons (Fsp3) is 0.632. The number of aliphatic carboxylic acids is 1. The smallest absolute Gasteiger partial charge is 0.306 e. The first-order chi connectivity index (χ1) is 37.6. The van der Waals surface area contributed by atoms with E-state index in [2.05, 4.69) is 148 Å². The van der Waals surface area contributed by atoms with Gasteiger partial charge in [-0.2, -0.15) is 0 Å². The van der Waals surface area contributed by atoms with Gasteiger partial charge in [0.1, 0.15) is 13.2 Å². The fourth-order valence-electron chi connectivity index (χ4n) is 7.80. The third kappa shape index (κ3) is 58.9. The summed E-state index contributed by atoms with van der Waals surface area (Å²) in [6.07, 6.45) is 79.4. The van der Waals surface area contributed by atoms with Gasteiger partial charge in [-0.25, -0.2) is 0 Å². The molecule has 2 unspecified atom stereocenters. The minimum atomic E-state index is -1.64. The van der Waals surface area contributed by atoms with Gasteiger partial charge in [0, 0.05) is 12.8 Å². The molecule has 0 spiro atoms. The van der Waals surface area contributed by atoms with Crippen molar-refractivity contribution in [1.82, 2.24) is 0 Å². The van der Waals surface area contributed by atoms with E-state index in [-0.39, 0.29) is 38.6 Å². The van der Waals surface area contributed by atoms with Gasteiger partial charge in [-0.3, -0.25) is 9.59 Å². The highest BCUT2D eigenvalue weighted by Gasteiger charge is 2.22. The zero-order chi connectivity index (χ0) is 56.2. The summed E-state index contributed by atoms with van der Waals surface area (Å²) in [7, 11) is 5.90. The first-order valence-electron chi connectivity index (χ1n) is 30.3. The molecule has 0 aromatic carbocycles. The third-order valence-corrected chi connectivity index (χ3v) is 12.4. The van der Waals surface area contributed by atoms with Crippen LogP contribution in [0.3, 0.4) is 0 Å².